The van der Waals surface area contributed by atoms with E-state index < -0.39 is 0 Å². The van der Waals surface area contributed by atoms with Gasteiger partial charge in [-0.25, -0.2) is 4.98 Å². The Labute approximate surface area is 118 Å². The first-order chi connectivity index (χ1) is 8.15. The fourth-order valence-electron chi connectivity index (χ4n) is 1.57. The van der Waals surface area contributed by atoms with E-state index in [9.17, 15) is 0 Å². The molecule has 2 rings (SSSR count). The summed E-state index contributed by atoms with van der Waals surface area (Å²) in [6, 6.07) is 4.68. The molecule has 17 heavy (non-hydrogen) atoms. The molecule has 0 aliphatic carbocycles. The fourth-order valence-corrected chi connectivity index (χ4v) is 3.80. The summed E-state index contributed by atoms with van der Waals surface area (Å²) in [6.07, 6.45) is 1.01. The Morgan fingerprint density at radius 3 is 2.88 bits per heavy atom. The fraction of sp³-hybridized carbons (Fsp3) is 0.417. The van der Waals surface area contributed by atoms with Crippen LogP contribution in [0.3, 0.4) is 0 Å². The van der Waals surface area contributed by atoms with Gasteiger partial charge in [0.15, 0.2) is 0 Å². The SMILES string of the molecule is Cc1csc(CCNC(C)c2ccc(Br)s2)n1. The number of nitrogens with zero attached hydrogens (tertiary/aromatic N) is 1. The van der Waals surface area contributed by atoms with Crippen molar-refractivity contribution in [3.8, 4) is 0 Å². The molecule has 2 heterocycles. The van der Waals surface area contributed by atoms with Crippen molar-refractivity contribution >= 4 is 38.6 Å². The van der Waals surface area contributed by atoms with Gasteiger partial charge in [-0.3, -0.25) is 0 Å². The van der Waals surface area contributed by atoms with Crippen molar-refractivity contribution in [1.29, 1.82) is 0 Å². The molecule has 0 aromatic carbocycles. The Kier molecular flexibility index (Phi) is 4.73. The lowest BCUT2D eigenvalue weighted by molar-refractivity contribution is 0.584. The molecule has 0 spiro atoms. The van der Waals surface area contributed by atoms with Crippen molar-refractivity contribution in [2.75, 3.05) is 6.54 Å². The molecule has 2 aromatic heterocycles. The number of rotatable bonds is 5. The first-order valence-electron chi connectivity index (χ1n) is 5.55. The maximum atomic E-state index is 4.46. The number of aromatic nitrogens is 1. The van der Waals surface area contributed by atoms with Crippen molar-refractivity contribution in [1.82, 2.24) is 10.3 Å². The van der Waals surface area contributed by atoms with Gasteiger partial charge in [0.05, 0.1) is 8.79 Å². The summed E-state index contributed by atoms with van der Waals surface area (Å²) >= 11 is 7.02. The lowest BCUT2D eigenvalue weighted by atomic mass is 10.2. The van der Waals surface area contributed by atoms with Gasteiger partial charge in [-0.2, -0.15) is 0 Å². The summed E-state index contributed by atoms with van der Waals surface area (Å²) in [5, 5.41) is 6.85. The Morgan fingerprint density at radius 1 is 1.47 bits per heavy atom. The summed E-state index contributed by atoms with van der Waals surface area (Å²) in [4.78, 5) is 5.83. The van der Waals surface area contributed by atoms with Crippen molar-refractivity contribution in [3.63, 3.8) is 0 Å². The first kappa shape index (κ1) is 13.2. The topological polar surface area (TPSA) is 24.9 Å². The Bertz CT molecular complexity index is 478. The van der Waals surface area contributed by atoms with Crippen LogP contribution in [0.5, 0.6) is 0 Å². The molecule has 0 amide bonds. The number of hydrogen-bond donors (Lipinski definition) is 1. The number of nitrogens with one attached hydrogen (secondary N) is 1. The Hall–Kier alpha value is -0.230. The summed E-state index contributed by atoms with van der Waals surface area (Å²) in [6.45, 7) is 5.22. The van der Waals surface area contributed by atoms with Crippen molar-refractivity contribution in [2.45, 2.75) is 26.3 Å². The van der Waals surface area contributed by atoms with Crippen molar-refractivity contribution in [3.05, 3.63) is 36.9 Å². The van der Waals surface area contributed by atoms with Gasteiger partial charge in [0.1, 0.15) is 0 Å². The molecule has 2 aromatic rings. The maximum absolute atomic E-state index is 4.46. The molecule has 1 N–H and O–H groups in total. The monoisotopic (exact) mass is 330 g/mol. The van der Waals surface area contributed by atoms with E-state index in [-0.39, 0.29) is 0 Å². The molecule has 1 unspecified atom stereocenters. The molecular formula is C12H15BrN2S2. The lowest BCUT2D eigenvalue weighted by Crippen LogP contribution is -2.20. The highest BCUT2D eigenvalue weighted by Gasteiger charge is 2.07. The normalized spacial score (nSPS) is 12.9. The van der Waals surface area contributed by atoms with E-state index >= 15 is 0 Å². The van der Waals surface area contributed by atoms with Gasteiger partial charge in [0, 0.05) is 35.0 Å². The van der Waals surface area contributed by atoms with Crippen LogP contribution in [0.15, 0.2) is 21.3 Å². The van der Waals surface area contributed by atoms with Crippen LogP contribution in [0.25, 0.3) is 0 Å². The molecule has 0 radical (unpaired) electrons. The summed E-state index contributed by atoms with van der Waals surface area (Å²) < 4.78 is 1.19. The minimum absolute atomic E-state index is 0.410. The largest absolute Gasteiger partial charge is 0.309 e. The average Bonchev–Trinajstić information content (AvgIpc) is 2.88. The van der Waals surface area contributed by atoms with Crippen LogP contribution >= 0.6 is 38.6 Å². The minimum atomic E-state index is 0.410. The maximum Gasteiger partial charge on any atom is 0.0940 e. The van der Waals surface area contributed by atoms with E-state index in [1.807, 2.05) is 6.92 Å². The van der Waals surface area contributed by atoms with Crippen LogP contribution < -0.4 is 5.32 Å². The molecule has 92 valence electrons. The molecule has 5 heteroatoms. The molecule has 2 nitrogen and oxygen atoms in total. The van der Waals surface area contributed by atoms with Gasteiger partial charge in [-0.1, -0.05) is 0 Å². The molecule has 0 saturated carbocycles. The molecule has 1 atom stereocenters. The highest BCUT2D eigenvalue weighted by Crippen LogP contribution is 2.26. The quantitative estimate of drug-likeness (QED) is 0.889. The zero-order valence-electron chi connectivity index (χ0n) is 9.87. The van der Waals surface area contributed by atoms with Gasteiger partial charge < -0.3 is 5.32 Å². The molecule has 0 aliphatic rings. The number of hydrogen-bond acceptors (Lipinski definition) is 4. The van der Waals surface area contributed by atoms with Gasteiger partial charge in [-0.15, -0.1) is 22.7 Å². The summed E-state index contributed by atoms with van der Waals surface area (Å²) in [5.74, 6) is 0. The van der Waals surface area contributed by atoms with Crippen molar-refractivity contribution < 1.29 is 0 Å². The van der Waals surface area contributed by atoms with E-state index in [0.717, 1.165) is 18.7 Å². The van der Waals surface area contributed by atoms with Crippen LogP contribution in [0.4, 0.5) is 0 Å². The predicted molar refractivity (Wildman–Crippen MR) is 79.0 cm³/mol. The predicted octanol–water partition coefficient (Wildman–Crippen LogP) is 4.17. The second-order valence-corrected chi connectivity index (χ2v) is 7.39. The number of thiophene rings is 1. The third-order valence-corrected chi connectivity index (χ3v) is 5.31. The Balaban J connectivity index is 1.78. The molecule has 0 aliphatic heterocycles. The smallest absolute Gasteiger partial charge is 0.0940 e. The average molecular weight is 331 g/mol. The highest BCUT2D eigenvalue weighted by molar-refractivity contribution is 9.11. The zero-order valence-corrected chi connectivity index (χ0v) is 13.1. The second kappa shape index (κ2) is 6.09. The highest BCUT2D eigenvalue weighted by atomic mass is 79.9. The number of thiazole rings is 1. The standard InChI is InChI=1S/C12H15BrN2S2/c1-8-7-16-12(15-8)5-6-14-9(2)10-3-4-11(13)17-10/h3-4,7,9,14H,5-6H2,1-2H3. The van der Waals surface area contributed by atoms with E-state index in [0.29, 0.717) is 6.04 Å². The van der Waals surface area contributed by atoms with Crippen LogP contribution in [0.2, 0.25) is 0 Å². The van der Waals surface area contributed by atoms with Crippen LogP contribution in [-0.2, 0) is 6.42 Å². The molecular weight excluding hydrogens is 316 g/mol. The number of halogens is 1. The third kappa shape index (κ3) is 3.88. The van der Waals surface area contributed by atoms with Crippen LogP contribution in [0.1, 0.15) is 28.5 Å². The Morgan fingerprint density at radius 2 is 2.29 bits per heavy atom. The van der Waals surface area contributed by atoms with E-state index in [1.165, 1.54) is 13.7 Å². The molecule has 0 fully saturated rings. The second-order valence-electron chi connectivity index (χ2n) is 3.95. The van der Waals surface area contributed by atoms with E-state index in [4.69, 9.17) is 0 Å². The van der Waals surface area contributed by atoms with Crippen LogP contribution in [0, 0.1) is 6.92 Å². The zero-order chi connectivity index (χ0) is 12.3. The lowest BCUT2D eigenvalue weighted by Gasteiger charge is -2.10. The summed E-state index contributed by atoms with van der Waals surface area (Å²) in [5.41, 5.74) is 1.13. The van der Waals surface area contributed by atoms with Gasteiger partial charge in [-0.05, 0) is 41.9 Å². The van der Waals surface area contributed by atoms with Crippen LogP contribution in [-0.4, -0.2) is 11.5 Å². The third-order valence-electron chi connectivity index (χ3n) is 2.48. The van der Waals surface area contributed by atoms with Gasteiger partial charge >= 0.3 is 0 Å². The van der Waals surface area contributed by atoms with E-state index in [2.05, 4.69) is 50.7 Å². The molecule has 0 saturated heterocycles. The van der Waals surface area contributed by atoms with Gasteiger partial charge in [0.25, 0.3) is 0 Å². The number of aryl methyl sites for hydroxylation is 1. The minimum Gasteiger partial charge on any atom is -0.309 e. The van der Waals surface area contributed by atoms with Crippen molar-refractivity contribution in [2.24, 2.45) is 0 Å². The summed E-state index contributed by atoms with van der Waals surface area (Å²) in [7, 11) is 0. The first-order valence-corrected chi connectivity index (χ1v) is 8.03. The van der Waals surface area contributed by atoms with E-state index in [1.54, 1.807) is 22.7 Å². The van der Waals surface area contributed by atoms with Gasteiger partial charge in [0.2, 0.25) is 0 Å². The molecule has 0 bridgehead atoms.